The van der Waals surface area contributed by atoms with Gasteiger partial charge in [-0.05, 0) is 60.7 Å². The maximum atomic E-state index is 12.9. The molecule has 0 aliphatic rings. The molecule has 0 saturated heterocycles. The fourth-order valence-corrected chi connectivity index (χ4v) is 3.14. The Bertz CT molecular complexity index is 1310. The van der Waals surface area contributed by atoms with Gasteiger partial charge in [-0.15, -0.1) is 0 Å². The van der Waals surface area contributed by atoms with Crippen molar-refractivity contribution in [3.8, 4) is 22.9 Å². The van der Waals surface area contributed by atoms with Gasteiger partial charge in [0.05, 0.1) is 16.8 Å². The number of anilines is 1. The Balaban J connectivity index is 1.49. The number of nitrogens with zero attached hydrogens (tertiary/aromatic N) is 3. The SMILES string of the molecule is CCc1nccc(-c2cccnc2Oc2ccc(NC(=O)c3cccc(C(F)(F)F)c3)cc2)n1. The Morgan fingerprint density at radius 3 is 2.50 bits per heavy atom. The van der Waals surface area contributed by atoms with Gasteiger partial charge in [0.15, 0.2) is 0 Å². The molecule has 0 atom stereocenters. The molecule has 0 aliphatic heterocycles. The van der Waals surface area contributed by atoms with Gasteiger partial charge in [0, 0.05) is 30.1 Å². The number of ether oxygens (including phenoxy) is 1. The molecule has 34 heavy (non-hydrogen) atoms. The van der Waals surface area contributed by atoms with Crippen LogP contribution < -0.4 is 10.1 Å². The summed E-state index contributed by atoms with van der Waals surface area (Å²) in [6.07, 6.45) is -0.550. The fourth-order valence-electron chi connectivity index (χ4n) is 3.14. The van der Waals surface area contributed by atoms with E-state index >= 15 is 0 Å². The number of hydrogen-bond donors (Lipinski definition) is 1. The summed E-state index contributed by atoms with van der Waals surface area (Å²) >= 11 is 0. The fraction of sp³-hybridized carbons (Fsp3) is 0.120. The minimum Gasteiger partial charge on any atom is -0.438 e. The summed E-state index contributed by atoms with van der Waals surface area (Å²) in [7, 11) is 0. The predicted octanol–water partition coefficient (Wildman–Crippen LogP) is 6.16. The van der Waals surface area contributed by atoms with Crippen molar-refractivity contribution in [2.45, 2.75) is 19.5 Å². The molecule has 6 nitrogen and oxygen atoms in total. The Morgan fingerprint density at radius 1 is 0.971 bits per heavy atom. The molecular formula is C25H19F3N4O2. The van der Waals surface area contributed by atoms with Crippen molar-refractivity contribution in [3.63, 3.8) is 0 Å². The molecule has 1 amide bonds. The second-order valence-corrected chi connectivity index (χ2v) is 7.23. The van der Waals surface area contributed by atoms with E-state index in [1.54, 1.807) is 48.8 Å². The summed E-state index contributed by atoms with van der Waals surface area (Å²) in [4.78, 5) is 25.4. The number of rotatable bonds is 6. The molecule has 0 unspecified atom stereocenters. The summed E-state index contributed by atoms with van der Waals surface area (Å²) in [6.45, 7) is 1.97. The van der Waals surface area contributed by atoms with Gasteiger partial charge < -0.3 is 10.1 Å². The van der Waals surface area contributed by atoms with Crippen LogP contribution >= 0.6 is 0 Å². The molecule has 4 aromatic rings. The maximum absolute atomic E-state index is 12.9. The first-order valence-electron chi connectivity index (χ1n) is 10.4. The largest absolute Gasteiger partial charge is 0.438 e. The van der Waals surface area contributed by atoms with E-state index in [2.05, 4.69) is 20.3 Å². The molecule has 9 heteroatoms. The number of aryl methyl sites for hydroxylation is 1. The minimum absolute atomic E-state index is 0.0930. The summed E-state index contributed by atoms with van der Waals surface area (Å²) < 4.78 is 44.6. The van der Waals surface area contributed by atoms with Crippen molar-refractivity contribution in [1.82, 2.24) is 15.0 Å². The van der Waals surface area contributed by atoms with E-state index in [1.165, 1.54) is 12.1 Å². The maximum Gasteiger partial charge on any atom is 0.416 e. The molecule has 0 aliphatic carbocycles. The standard InChI is InChI=1S/C25H19F3N4O2/c1-2-22-29-14-12-21(32-22)20-7-4-13-30-24(20)34-19-10-8-18(9-11-19)31-23(33)16-5-3-6-17(15-16)25(26,27)28/h3-15H,2H2,1H3,(H,31,33). The average Bonchev–Trinajstić information content (AvgIpc) is 2.85. The van der Waals surface area contributed by atoms with E-state index in [0.29, 0.717) is 40.8 Å². The van der Waals surface area contributed by atoms with E-state index in [0.717, 1.165) is 12.1 Å². The summed E-state index contributed by atoms with van der Waals surface area (Å²) in [5.74, 6) is 0.862. The molecule has 0 saturated carbocycles. The summed E-state index contributed by atoms with van der Waals surface area (Å²) in [6, 6.07) is 16.1. The van der Waals surface area contributed by atoms with Crippen molar-refractivity contribution in [2.75, 3.05) is 5.32 Å². The number of carbonyl (C=O) groups excluding carboxylic acids is 1. The van der Waals surface area contributed by atoms with E-state index in [1.807, 2.05) is 13.0 Å². The Hall–Kier alpha value is -4.27. The first-order chi connectivity index (χ1) is 16.3. The van der Waals surface area contributed by atoms with Gasteiger partial charge in [-0.2, -0.15) is 13.2 Å². The van der Waals surface area contributed by atoms with Crippen molar-refractivity contribution in [1.29, 1.82) is 0 Å². The van der Waals surface area contributed by atoms with Crippen LogP contribution in [0.25, 0.3) is 11.3 Å². The first kappa shape index (κ1) is 22.9. The van der Waals surface area contributed by atoms with Crippen LogP contribution in [0.15, 0.2) is 79.1 Å². The van der Waals surface area contributed by atoms with Crippen LogP contribution in [-0.4, -0.2) is 20.9 Å². The molecule has 2 aromatic carbocycles. The smallest absolute Gasteiger partial charge is 0.416 e. The van der Waals surface area contributed by atoms with Crippen LogP contribution in [0.2, 0.25) is 0 Å². The van der Waals surface area contributed by atoms with Crippen LogP contribution in [-0.2, 0) is 12.6 Å². The van der Waals surface area contributed by atoms with Crippen molar-refractivity contribution in [2.24, 2.45) is 0 Å². The quantitative estimate of drug-likeness (QED) is 0.370. The summed E-state index contributed by atoms with van der Waals surface area (Å²) in [5, 5.41) is 2.58. The second-order valence-electron chi connectivity index (χ2n) is 7.23. The van der Waals surface area contributed by atoms with Crippen LogP contribution in [0.5, 0.6) is 11.6 Å². The van der Waals surface area contributed by atoms with E-state index in [9.17, 15) is 18.0 Å². The lowest BCUT2D eigenvalue weighted by atomic mass is 10.1. The van der Waals surface area contributed by atoms with Gasteiger partial charge in [0.1, 0.15) is 11.6 Å². The molecule has 0 bridgehead atoms. The zero-order chi connectivity index (χ0) is 24.1. The first-order valence-corrected chi connectivity index (χ1v) is 10.4. The van der Waals surface area contributed by atoms with Gasteiger partial charge in [0.25, 0.3) is 5.91 Å². The molecule has 0 radical (unpaired) electrons. The van der Waals surface area contributed by atoms with Crippen molar-refractivity contribution < 1.29 is 22.7 Å². The van der Waals surface area contributed by atoms with Gasteiger partial charge >= 0.3 is 6.18 Å². The Morgan fingerprint density at radius 2 is 1.76 bits per heavy atom. The predicted molar refractivity (Wildman–Crippen MR) is 121 cm³/mol. The summed E-state index contributed by atoms with van der Waals surface area (Å²) in [5.41, 5.74) is 0.801. The van der Waals surface area contributed by atoms with E-state index in [4.69, 9.17) is 4.74 Å². The van der Waals surface area contributed by atoms with Crippen LogP contribution in [0, 0.1) is 0 Å². The number of aromatic nitrogens is 3. The molecule has 4 rings (SSSR count). The highest BCUT2D eigenvalue weighted by Crippen LogP contribution is 2.31. The highest BCUT2D eigenvalue weighted by Gasteiger charge is 2.30. The lowest BCUT2D eigenvalue weighted by Crippen LogP contribution is -2.13. The van der Waals surface area contributed by atoms with E-state index < -0.39 is 17.6 Å². The number of hydrogen-bond acceptors (Lipinski definition) is 5. The van der Waals surface area contributed by atoms with Crippen molar-refractivity contribution >= 4 is 11.6 Å². The normalized spacial score (nSPS) is 11.2. The molecule has 1 N–H and O–H groups in total. The van der Waals surface area contributed by atoms with Gasteiger partial charge in [-0.1, -0.05) is 13.0 Å². The average molecular weight is 464 g/mol. The number of carbonyl (C=O) groups is 1. The third-order valence-electron chi connectivity index (χ3n) is 4.85. The van der Waals surface area contributed by atoms with Crippen LogP contribution in [0.4, 0.5) is 18.9 Å². The number of alkyl halides is 3. The monoisotopic (exact) mass is 464 g/mol. The molecule has 0 spiro atoms. The Kier molecular flexibility index (Phi) is 6.53. The number of nitrogens with one attached hydrogen (secondary N) is 1. The highest BCUT2D eigenvalue weighted by molar-refractivity contribution is 6.04. The van der Waals surface area contributed by atoms with Gasteiger partial charge in [-0.25, -0.2) is 15.0 Å². The lowest BCUT2D eigenvalue weighted by molar-refractivity contribution is -0.137. The minimum atomic E-state index is -4.52. The molecular weight excluding hydrogens is 445 g/mol. The third kappa shape index (κ3) is 5.37. The topological polar surface area (TPSA) is 77.0 Å². The van der Waals surface area contributed by atoms with Gasteiger partial charge in [-0.3, -0.25) is 4.79 Å². The van der Waals surface area contributed by atoms with Gasteiger partial charge in [0.2, 0.25) is 5.88 Å². The number of halogens is 3. The lowest BCUT2D eigenvalue weighted by Gasteiger charge is -2.11. The third-order valence-corrected chi connectivity index (χ3v) is 4.85. The second kappa shape index (κ2) is 9.70. The van der Waals surface area contributed by atoms with Crippen LogP contribution in [0.1, 0.15) is 28.7 Å². The van der Waals surface area contributed by atoms with Crippen molar-refractivity contribution in [3.05, 3.63) is 96.1 Å². The Labute approximate surface area is 193 Å². The molecule has 2 heterocycles. The highest BCUT2D eigenvalue weighted by atomic mass is 19.4. The van der Waals surface area contributed by atoms with Crippen LogP contribution in [0.3, 0.4) is 0 Å². The number of benzene rings is 2. The number of pyridine rings is 1. The van der Waals surface area contributed by atoms with E-state index in [-0.39, 0.29) is 5.56 Å². The molecule has 0 fully saturated rings. The molecule has 2 aromatic heterocycles. The number of amides is 1. The zero-order valence-corrected chi connectivity index (χ0v) is 18.0. The molecule has 172 valence electrons. The zero-order valence-electron chi connectivity index (χ0n) is 18.0.